The molecule has 0 N–H and O–H groups in total. The van der Waals surface area contributed by atoms with Crippen LogP contribution in [0.25, 0.3) is 0 Å². The molecule has 0 saturated heterocycles. The van der Waals surface area contributed by atoms with Gasteiger partial charge in [0.05, 0.1) is 18.0 Å². The number of nitriles is 1. The molecule has 0 amide bonds. The van der Waals surface area contributed by atoms with E-state index < -0.39 is 0 Å². The predicted octanol–water partition coefficient (Wildman–Crippen LogP) is 0.760. The Hall–Kier alpha value is -1.37. The summed E-state index contributed by atoms with van der Waals surface area (Å²) in [5, 5.41) is 16.6. The first-order valence-corrected chi connectivity index (χ1v) is 4.05. The van der Waals surface area contributed by atoms with E-state index in [4.69, 9.17) is 5.26 Å². The molecule has 1 heterocycles. The molecule has 1 fully saturated rings. The first-order valence-electron chi connectivity index (χ1n) is 4.05. The Morgan fingerprint density at radius 1 is 1.67 bits per heavy atom. The topological polar surface area (TPSA) is 54.5 Å². The van der Waals surface area contributed by atoms with E-state index in [0.717, 1.165) is 25.0 Å². The molecule has 0 aliphatic heterocycles. The molecule has 4 nitrogen and oxygen atoms in total. The van der Waals surface area contributed by atoms with E-state index in [-0.39, 0.29) is 5.41 Å². The Labute approximate surface area is 70.8 Å². The van der Waals surface area contributed by atoms with Crippen molar-refractivity contribution in [1.29, 1.82) is 5.26 Å². The van der Waals surface area contributed by atoms with E-state index in [0.29, 0.717) is 0 Å². The summed E-state index contributed by atoms with van der Waals surface area (Å²) in [4.78, 5) is 0. The molecule has 62 valence electrons. The van der Waals surface area contributed by atoms with E-state index in [1.165, 1.54) is 0 Å². The molecule has 0 radical (unpaired) electrons. The third-order valence-electron chi connectivity index (χ3n) is 2.63. The molecule has 1 aromatic heterocycles. The van der Waals surface area contributed by atoms with Crippen LogP contribution in [0, 0.1) is 11.3 Å². The largest absolute Gasteiger partial charge is 0.251 e. The summed E-state index contributed by atoms with van der Waals surface area (Å²) in [6.07, 6.45) is 4.73. The molecule has 2 rings (SSSR count). The van der Waals surface area contributed by atoms with Gasteiger partial charge in [-0.1, -0.05) is 5.21 Å². The fraction of sp³-hybridized carbons (Fsp3) is 0.625. The van der Waals surface area contributed by atoms with Gasteiger partial charge in [-0.25, -0.2) is 0 Å². The van der Waals surface area contributed by atoms with Gasteiger partial charge in [0.2, 0.25) is 0 Å². The normalized spacial score (nSPS) is 19.7. The van der Waals surface area contributed by atoms with E-state index in [1.54, 1.807) is 10.9 Å². The van der Waals surface area contributed by atoms with Gasteiger partial charge in [-0.05, 0) is 19.3 Å². The molecule has 1 aliphatic rings. The molecular formula is C8H10N4. The molecule has 1 saturated carbocycles. The summed E-state index contributed by atoms with van der Waals surface area (Å²) in [7, 11) is 1.83. The van der Waals surface area contributed by atoms with Gasteiger partial charge < -0.3 is 0 Å². The second-order valence-electron chi connectivity index (χ2n) is 3.29. The minimum Gasteiger partial charge on any atom is -0.251 e. The van der Waals surface area contributed by atoms with Crippen LogP contribution in [0.2, 0.25) is 0 Å². The van der Waals surface area contributed by atoms with Crippen molar-refractivity contribution >= 4 is 0 Å². The summed E-state index contributed by atoms with van der Waals surface area (Å²) >= 11 is 0. The highest BCUT2D eigenvalue weighted by Gasteiger charge is 2.41. The summed E-state index contributed by atoms with van der Waals surface area (Å²) in [6, 6.07) is 2.36. The molecule has 1 aliphatic carbocycles. The van der Waals surface area contributed by atoms with Gasteiger partial charge in [-0.15, -0.1) is 5.10 Å². The lowest BCUT2D eigenvalue weighted by molar-refractivity contribution is 0.305. The van der Waals surface area contributed by atoms with E-state index >= 15 is 0 Å². The van der Waals surface area contributed by atoms with Gasteiger partial charge in [0.1, 0.15) is 5.41 Å². The van der Waals surface area contributed by atoms with Crippen LogP contribution in [0.4, 0.5) is 0 Å². The number of aryl methyl sites for hydroxylation is 1. The van der Waals surface area contributed by atoms with Crippen LogP contribution in [0.15, 0.2) is 6.20 Å². The molecule has 0 spiro atoms. The van der Waals surface area contributed by atoms with Gasteiger partial charge in [-0.2, -0.15) is 5.26 Å². The summed E-state index contributed by atoms with van der Waals surface area (Å²) in [6.45, 7) is 0. The first kappa shape index (κ1) is 7.29. The molecule has 0 atom stereocenters. The molecule has 0 bridgehead atoms. The SMILES string of the molecule is Cn1nncc1C1(C#N)CCC1. The van der Waals surface area contributed by atoms with Crippen molar-refractivity contribution in [3.05, 3.63) is 11.9 Å². The minimum atomic E-state index is -0.280. The second-order valence-corrected chi connectivity index (χ2v) is 3.29. The number of rotatable bonds is 1. The van der Waals surface area contributed by atoms with Crippen LogP contribution >= 0.6 is 0 Å². The highest BCUT2D eigenvalue weighted by molar-refractivity contribution is 5.27. The molecule has 0 unspecified atom stereocenters. The fourth-order valence-electron chi connectivity index (χ4n) is 1.68. The zero-order valence-electron chi connectivity index (χ0n) is 6.99. The minimum absolute atomic E-state index is 0.280. The van der Waals surface area contributed by atoms with Crippen molar-refractivity contribution in [3.8, 4) is 6.07 Å². The van der Waals surface area contributed by atoms with Gasteiger partial charge >= 0.3 is 0 Å². The monoisotopic (exact) mass is 162 g/mol. The van der Waals surface area contributed by atoms with Gasteiger partial charge in [0.25, 0.3) is 0 Å². The van der Waals surface area contributed by atoms with Gasteiger partial charge in [0.15, 0.2) is 0 Å². The van der Waals surface area contributed by atoms with Crippen LogP contribution < -0.4 is 0 Å². The number of hydrogen-bond donors (Lipinski definition) is 0. The Morgan fingerprint density at radius 3 is 2.75 bits per heavy atom. The maximum atomic E-state index is 9.01. The lowest BCUT2D eigenvalue weighted by Crippen LogP contribution is -2.34. The Morgan fingerprint density at radius 2 is 2.42 bits per heavy atom. The van der Waals surface area contributed by atoms with E-state index in [9.17, 15) is 0 Å². The predicted molar refractivity (Wildman–Crippen MR) is 42.1 cm³/mol. The fourth-order valence-corrected chi connectivity index (χ4v) is 1.68. The van der Waals surface area contributed by atoms with E-state index in [2.05, 4.69) is 16.4 Å². The van der Waals surface area contributed by atoms with Crippen LogP contribution in [-0.4, -0.2) is 15.0 Å². The zero-order chi connectivity index (χ0) is 8.60. The van der Waals surface area contributed by atoms with Crippen LogP contribution in [0.1, 0.15) is 25.0 Å². The van der Waals surface area contributed by atoms with Crippen LogP contribution in [0.5, 0.6) is 0 Å². The van der Waals surface area contributed by atoms with E-state index in [1.807, 2.05) is 7.05 Å². The van der Waals surface area contributed by atoms with Crippen molar-refractivity contribution in [1.82, 2.24) is 15.0 Å². The average molecular weight is 162 g/mol. The average Bonchev–Trinajstić information content (AvgIpc) is 2.36. The quantitative estimate of drug-likeness (QED) is 0.612. The highest BCUT2D eigenvalue weighted by atomic mass is 15.4. The third-order valence-corrected chi connectivity index (χ3v) is 2.63. The second kappa shape index (κ2) is 2.31. The molecule has 0 aromatic carbocycles. The summed E-state index contributed by atoms with van der Waals surface area (Å²) < 4.78 is 1.70. The third kappa shape index (κ3) is 0.765. The van der Waals surface area contributed by atoms with Gasteiger partial charge in [-0.3, -0.25) is 4.68 Å². The Balaban J connectivity index is 2.42. The maximum Gasteiger partial charge on any atom is 0.101 e. The lowest BCUT2D eigenvalue weighted by atomic mass is 9.68. The van der Waals surface area contributed by atoms with Crippen molar-refractivity contribution in [2.75, 3.05) is 0 Å². The van der Waals surface area contributed by atoms with Crippen molar-refractivity contribution in [2.24, 2.45) is 7.05 Å². The van der Waals surface area contributed by atoms with Crippen LogP contribution in [0.3, 0.4) is 0 Å². The highest BCUT2D eigenvalue weighted by Crippen LogP contribution is 2.42. The van der Waals surface area contributed by atoms with Crippen molar-refractivity contribution < 1.29 is 0 Å². The summed E-state index contributed by atoms with van der Waals surface area (Å²) in [5.41, 5.74) is 0.675. The Bertz CT molecular complexity index is 329. The maximum absolute atomic E-state index is 9.01. The lowest BCUT2D eigenvalue weighted by Gasteiger charge is -2.34. The molecule has 1 aromatic rings. The standard InChI is InChI=1S/C8H10N4/c1-12-7(5-10-11-12)8(6-9)3-2-4-8/h5H,2-4H2,1H3. The van der Waals surface area contributed by atoms with Crippen LogP contribution in [-0.2, 0) is 12.5 Å². The molecule has 4 heteroatoms. The first-order chi connectivity index (χ1) is 5.78. The Kier molecular flexibility index (Phi) is 1.40. The zero-order valence-corrected chi connectivity index (χ0v) is 6.99. The molecular weight excluding hydrogens is 152 g/mol. The number of hydrogen-bond acceptors (Lipinski definition) is 3. The molecule has 12 heavy (non-hydrogen) atoms. The van der Waals surface area contributed by atoms with Crippen molar-refractivity contribution in [3.63, 3.8) is 0 Å². The van der Waals surface area contributed by atoms with Crippen molar-refractivity contribution in [2.45, 2.75) is 24.7 Å². The van der Waals surface area contributed by atoms with Gasteiger partial charge in [0, 0.05) is 7.05 Å². The number of aromatic nitrogens is 3. The smallest absolute Gasteiger partial charge is 0.101 e. The summed E-state index contributed by atoms with van der Waals surface area (Å²) in [5.74, 6) is 0. The number of nitrogens with zero attached hydrogens (tertiary/aromatic N) is 4.